The minimum atomic E-state index is -0.0910. The largest absolute Gasteiger partial charge is 0.350 e. The fraction of sp³-hybridized carbons (Fsp3) is 0.429. The van der Waals surface area contributed by atoms with Crippen LogP contribution in [0.4, 0.5) is 0 Å². The molecule has 1 aromatic rings. The number of hydrogen-bond acceptors (Lipinski definition) is 2. The molecule has 1 saturated heterocycles. The summed E-state index contributed by atoms with van der Waals surface area (Å²) < 4.78 is 0. The molecule has 0 radical (unpaired) electrons. The molecule has 96 valence electrons. The first kappa shape index (κ1) is 12.6. The lowest BCUT2D eigenvalue weighted by Gasteiger charge is -2.15. The zero-order chi connectivity index (χ0) is 13.0. The van der Waals surface area contributed by atoms with Gasteiger partial charge in [-0.25, -0.2) is 0 Å². The molecule has 4 heteroatoms. The van der Waals surface area contributed by atoms with E-state index < -0.39 is 0 Å². The standard InChI is InChI=1S/C14H18N2O2/c1-11-4-2-5-12(8-11)9-15-13(17)10-16-7-3-6-14(16)18/h2,4-5,8H,3,6-7,9-10H2,1H3,(H,15,17). The summed E-state index contributed by atoms with van der Waals surface area (Å²) in [6.07, 6.45) is 1.44. The van der Waals surface area contributed by atoms with E-state index in [2.05, 4.69) is 5.32 Å². The van der Waals surface area contributed by atoms with Crippen LogP contribution in [0.1, 0.15) is 24.0 Å². The number of hydrogen-bond donors (Lipinski definition) is 1. The van der Waals surface area contributed by atoms with Crippen LogP contribution < -0.4 is 5.32 Å². The number of amides is 2. The van der Waals surface area contributed by atoms with Crippen molar-refractivity contribution in [2.45, 2.75) is 26.3 Å². The molecular weight excluding hydrogens is 228 g/mol. The smallest absolute Gasteiger partial charge is 0.239 e. The van der Waals surface area contributed by atoms with E-state index in [9.17, 15) is 9.59 Å². The van der Waals surface area contributed by atoms with Crippen molar-refractivity contribution in [3.63, 3.8) is 0 Å². The first-order valence-electron chi connectivity index (χ1n) is 6.25. The van der Waals surface area contributed by atoms with Crippen molar-refractivity contribution in [3.8, 4) is 0 Å². The van der Waals surface area contributed by atoms with Gasteiger partial charge in [0.15, 0.2) is 0 Å². The second-order valence-electron chi connectivity index (χ2n) is 4.68. The summed E-state index contributed by atoms with van der Waals surface area (Å²) in [6, 6.07) is 8.02. The van der Waals surface area contributed by atoms with E-state index in [0.29, 0.717) is 19.5 Å². The summed E-state index contributed by atoms with van der Waals surface area (Å²) in [4.78, 5) is 24.7. The third-order valence-corrected chi connectivity index (χ3v) is 3.08. The number of benzene rings is 1. The van der Waals surface area contributed by atoms with Crippen LogP contribution in [0, 0.1) is 6.92 Å². The minimum absolute atomic E-state index is 0.0840. The average Bonchev–Trinajstić information content (AvgIpc) is 2.73. The van der Waals surface area contributed by atoms with E-state index >= 15 is 0 Å². The van der Waals surface area contributed by atoms with Gasteiger partial charge in [-0.05, 0) is 18.9 Å². The number of nitrogens with one attached hydrogen (secondary N) is 1. The van der Waals surface area contributed by atoms with Crippen LogP contribution in [0.15, 0.2) is 24.3 Å². The lowest BCUT2D eigenvalue weighted by Crippen LogP contribution is -2.37. The van der Waals surface area contributed by atoms with Crippen molar-refractivity contribution in [2.24, 2.45) is 0 Å². The third kappa shape index (κ3) is 3.32. The molecule has 0 unspecified atom stereocenters. The maximum atomic E-state index is 11.7. The quantitative estimate of drug-likeness (QED) is 0.868. The zero-order valence-corrected chi connectivity index (χ0v) is 10.6. The van der Waals surface area contributed by atoms with E-state index in [-0.39, 0.29) is 18.4 Å². The highest BCUT2D eigenvalue weighted by Gasteiger charge is 2.21. The highest BCUT2D eigenvalue weighted by Crippen LogP contribution is 2.08. The van der Waals surface area contributed by atoms with E-state index in [4.69, 9.17) is 0 Å². The van der Waals surface area contributed by atoms with Crippen molar-refractivity contribution in [1.82, 2.24) is 10.2 Å². The predicted octanol–water partition coefficient (Wildman–Crippen LogP) is 1.23. The lowest BCUT2D eigenvalue weighted by atomic mass is 10.1. The lowest BCUT2D eigenvalue weighted by molar-refractivity contribution is -0.133. The molecule has 0 bridgehead atoms. The van der Waals surface area contributed by atoms with Crippen LogP contribution in [-0.4, -0.2) is 29.8 Å². The maximum absolute atomic E-state index is 11.7. The number of carbonyl (C=O) groups excluding carboxylic acids is 2. The molecule has 1 heterocycles. The molecule has 1 aromatic carbocycles. The second kappa shape index (κ2) is 5.67. The number of likely N-dealkylation sites (tertiary alicyclic amines) is 1. The Balaban J connectivity index is 1.79. The van der Waals surface area contributed by atoms with Gasteiger partial charge in [-0.2, -0.15) is 0 Å². The molecule has 1 aliphatic rings. The van der Waals surface area contributed by atoms with Crippen molar-refractivity contribution in [1.29, 1.82) is 0 Å². The Morgan fingerprint density at radius 1 is 1.44 bits per heavy atom. The Morgan fingerprint density at radius 2 is 2.28 bits per heavy atom. The molecule has 18 heavy (non-hydrogen) atoms. The fourth-order valence-corrected chi connectivity index (χ4v) is 2.12. The van der Waals surface area contributed by atoms with Gasteiger partial charge in [0.25, 0.3) is 0 Å². The summed E-state index contributed by atoms with van der Waals surface area (Å²) in [7, 11) is 0. The van der Waals surface area contributed by atoms with Crippen molar-refractivity contribution < 1.29 is 9.59 Å². The van der Waals surface area contributed by atoms with E-state index in [0.717, 1.165) is 12.0 Å². The minimum Gasteiger partial charge on any atom is -0.350 e. The highest BCUT2D eigenvalue weighted by molar-refractivity contribution is 5.85. The predicted molar refractivity (Wildman–Crippen MR) is 68.8 cm³/mol. The van der Waals surface area contributed by atoms with Gasteiger partial charge in [-0.15, -0.1) is 0 Å². The summed E-state index contributed by atoms with van der Waals surface area (Å²) in [5.41, 5.74) is 2.26. The Hall–Kier alpha value is -1.84. The molecule has 1 fully saturated rings. The SMILES string of the molecule is Cc1cccc(CNC(=O)CN2CCCC2=O)c1. The maximum Gasteiger partial charge on any atom is 0.239 e. The second-order valence-corrected chi connectivity index (χ2v) is 4.68. The van der Waals surface area contributed by atoms with Crippen LogP contribution >= 0.6 is 0 Å². The first-order chi connectivity index (χ1) is 8.65. The molecule has 2 amide bonds. The van der Waals surface area contributed by atoms with Crippen LogP contribution in [0.25, 0.3) is 0 Å². The van der Waals surface area contributed by atoms with Gasteiger partial charge >= 0.3 is 0 Å². The van der Waals surface area contributed by atoms with Crippen molar-refractivity contribution in [2.75, 3.05) is 13.1 Å². The number of nitrogens with zero attached hydrogens (tertiary/aromatic N) is 1. The monoisotopic (exact) mass is 246 g/mol. The summed E-state index contributed by atoms with van der Waals surface area (Å²) in [5, 5.41) is 2.84. The molecule has 0 atom stereocenters. The van der Waals surface area contributed by atoms with Gasteiger partial charge in [-0.1, -0.05) is 29.8 Å². The Morgan fingerprint density at radius 3 is 2.94 bits per heavy atom. The van der Waals surface area contributed by atoms with E-state index in [1.807, 2.05) is 31.2 Å². The van der Waals surface area contributed by atoms with Gasteiger partial charge in [0.05, 0.1) is 6.54 Å². The molecule has 0 saturated carbocycles. The van der Waals surface area contributed by atoms with E-state index in [1.165, 1.54) is 5.56 Å². The topological polar surface area (TPSA) is 49.4 Å². The Labute approximate surface area is 107 Å². The summed E-state index contributed by atoms with van der Waals surface area (Å²) in [5.74, 6) is -0.00698. The Kier molecular flexibility index (Phi) is 3.97. The van der Waals surface area contributed by atoms with Gasteiger partial charge in [0, 0.05) is 19.5 Å². The van der Waals surface area contributed by atoms with Crippen LogP contribution in [0.3, 0.4) is 0 Å². The van der Waals surface area contributed by atoms with Gasteiger partial charge in [0.2, 0.25) is 11.8 Å². The molecule has 0 aromatic heterocycles. The van der Waals surface area contributed by atoms with Crippen LogP contribution in [-0.2, 0) is 16.1 Å². The molecule has 4 nitrogen and oxygen atoms in total. The van der Waals surface area contributed by atoms with Gasteiger partial charge < -0.3 is 10.2 Å². The summed E-state index contributed by atoms with van der Waals surface area (Å²) in [6.45, 7) is 3.43. The fourth-order valence-electron chi connectivity index (χ4n) is 2.12. The molecular formula is C14H18N2O2. The molecule has 0 aliphatic carbocycles. The summed E-state index contributed by atoms with van der Waals surface area (Å²) >= 11 is 0. The number of carbonyl (C=O) groups is 2. The highest BCUT2D eigenvalue weighted by atomic mass is 16.2. The first-order valence-corrected chi connectivity index (χ1v) is 6.25. The van der Waals surface area contributed by atoms with Crippen molar-refractivity contribution >= 4 is 11.8 Å². The molecule has 1 N–H and O–H groups in total. The average molecular weight is 246 g/mol. The van der Waals surface area contributed by atoms with E-state index in [1.54, 1.807) is 4.90 Å². The van der Waals surface area contributed by atoms with Gasteiger partial charge in [-0.3, -0.25) is 9.59 Å². The third-order valence-electron chi connectivity index (χ3n) is 3.08. The van der Waals surface area contributed by atoms with Crippen LogP contribution in [0.5, 0.6) is 0 Å². The molecule has 1 aliphatic heterocycles. The van der Waals surface area contributed by atoms with Gasteiger partial charge in [0.1, 0.15) is 0 Å². The number of aryl methyl sites for hydroxylation is 1. The van der Waals surface area contributed by atoms with Crippen molar-refractivity contribution in [3.05, 3.63) is 35.4 Å². The normalized spacial score (nSPS) is 14.9. The molecule has 0 spiro atoms. The number of rotatable bonds is 4. The van der Waals surface area contributed by atoms with Crippen LogP contribution in [0.2, 0.25) is 0 Å². The zero-order valence-electron chi connectivity index (χ0n) is 10.6. The Bertz CT molecular complexity index is 457. The molecule has 2 rings (SSSR count).